The number of fused-ring (bicyclic) bond motifs is 2. The van der Waals surface area contributed by atoms with Crippen molar-refractivity contribution in [1.29, 1.82) is 0 Å². The number of carbonyl (C=O) groups excluding carboxylic acids is 1. The molecule has 1 atom stereocenters. The summed E-state index contributed by atoms with van der Waals surface area (Å²) in [5, 5.41) is 14.9. The largest absolute Gasteiger partial charge is 0.481 e. The molecule has 0 saturated heterocycles. The number of benzene rings is 2. The zero-order valence-electron chi connectivity index (χ0n) is 19.6. The number of nitrogens with one attached hydrogen (secondary N) is 1. The van der Waals surface area contributed by atoms with Gasteiger partial charge in [-0.1, -0.05) is 35.9 Å². The van der Waals surface area contributed by atoms with Crippen molar-refractivity contribution < 1.29 is 14.7 Å². The summed E-state index contributed by atoms with van der Waals surface area (Å²) in [6, 6.07) is 17.6. The molecule has 5 rings (SSSR count). The number of pyridine rings is 1. The summed E-state index contributed by atoms with van der Waals surface area (Å²) < 4.78 is 2.04. The van der Waals surface area contributed by atoms with Gasteiger partial charge in [0.05, 0.1) is 34.8 Å². The van der Waals surface area contributed by atoms with E-state index in [1.165, 1.54) is 0 Å². The van der Waals surface area contributed by atoms with Crippen LogP contribution in [-0.4, -0.2) is 32.6 Å². The molecule has 0 aliphatic heterocycles. The van der Waals surface area contributed by atoms with Gasteiger partial charge in [0.1, 0.15) is 0 Å². The van der Waals surface area contributed by atoms with Crippen LogP contribution in [0.5, 0.6) is 0 Å². The fraction of sp³-hybridized carbons (Fsp3) is 0.321. The maximum Gasteiger partial charge on any atom is 0.306 e. The Labute approximate surface area is 208 Å². The first-order chi connectivity index (χ1) is 16.9. The van der Waals surface area contributed by atoms with Crippen molar-refractivity contribution >= 4 is 45.3 Å². The Kier molecular flexibility index (Phi) is 6.48. The van der Waals surface area contributed by atoms with Gasteiger partial charge < -0.3 is 15.0 Å². The van der Waals surface area contributed by atoms with Gasteiger partial charge in [0.25, 0.3) is 5.91 Å². The van der Waals surface area contributed by atoms with Crippen LogP contribution >= 0.6 is 11.6 Å². The topological polar surface area (TPSA) is 84.2 Å². The second kappa shape index (κ2) is 9.70. The third-order valence-corrected chi connectivity index (χ3v) is 7.46. The molecule has 1 saturated carbocycles. The first kappa shape index (κ1) is 23.4. The van der Waals surface area contributed by atoms with E-state index in [0.29, 0.717) is 30.0 Å². The number of amides is 1. The van der Waals surface area contributed by atoms with Crippen LogP contribution < -0.4 is 5.32 Å². The number of aliphatic carboxylic acids is 1. The summed E-state index contributed by atoms with van der Waals surface area (Å²) in [7, 11) is 0. The van der Waals surface area contributed by atoms with Crippen molar-refractivity contribution in [3.63, 3.8) is 0 Å². The maximum absolute atomic E-state index is 13.4. The lowest BCUT2D eigenvalue weighted by Crippen LogP contribution is -2.40. The van der Waals surface area contributed by atoms with Crippen LogP contribution in [0, 0.1) is 11.8 Å². The second-order valence-corrected chi connectivity index (χ2v) is 9.98. The Balaban J connectivity index is 1.39. The molecule has 0 bridgehead atoms. The SMILES string of the molecule is CC(NC(=O)c1cc(Cl)cc2ccn(Cc3ccc4ccccc4n3)c12)C1CCC(C(=O)O)CC1. The maximum atomic E-state index is 13.4. The van der Waals surface area contributed by atoms with Crippen LogP contribution in [-0.2, 0) is 11.3 Å². The van der Waals surface area contributed by atoms with Crippen LogP contribution in [0.15, 0.2) is 60.8 Å². The van der Waals surface area contributed by atoms with Crippen molar-refractivity contribution in [3.05, 3.63) is 77.1 Å². The van der Waals surface area contributed by atoms with Crippen LogP contribution in [0.4, 0.5) is 0 Å². The molecule has 7 heteroatoms. The molecule has 0 spiro atoms. The van der Waals surface area contributed by atoms with Gasteiger partial charge in [-0.25, -0.2) is 0 Å². The number of halogens is 1. The number of carbonyl (C=O) groups is 2. The molecule has 1 aliphatic rings. The first-order valence-electron chi connectivity index (χ1n) is 12.1. The van der Waals surface area contributed by atoms with E-state index < -0.39 is 5.97 Å². The van der Waals surface area contributed by atoms with Gasteiger partial charge in [0, 0.05) is 28.0 Å². The van der Waals surface area contributed by atoms with Crippen LogP contribution in [0.2, 0.25) is 5.02 Å². The standard InChI is InChI=1S/C28H28ClN3O3/c1-17(18-6-8-20(9-7-18)28(34)35)30-27(33)24-15-22(29)14-21-12-13-32(26(21)24)16-23-11-10-19-4-2-3-5-25(19)31-23/h2-5,10-15,17-18,20H,6-9,16H2,1H3,(H,30,33)(H,34,35). The smallest absolute Gasteiger partial charge is 0.306 e. The number of nitrogens with zero attached hydrogens (tertiary/aromatic N) is 2. The summed E-state index contributed by atoms with van der Waals surface area (Å²) in [5.74, 6) is -0.897. The predicted octanol–water partition coefficient (Wildman–Crippen LogP) is 5.90. The Morgan fingerprint density at radius 2 is 1.86 bits per heavy atom. The van der Waals surface area contributed by atoms with Gasteiger partial charge in [-0.15, -0.1) is 0 Å². The van der Waals surface area contributed by atoms with Crippen molar-refractivity contribution in [2.45, 2.75) is 45.2 Å². The number of carboxylic acids is 1. The van der Waals surface area contributed by atoms with E-state index in [4.69, 9.17) is 16.6 Å². The minimum absolute atomic E-state index is 0.0585. The van der Waals surface area contributed by atoms with Gasteiger partial charge in [0.15, 0.2) is 0 Å². The molecule has 6 nitrogen and oxygen atoms in total. The van der Waals surface area contributed by atoms with Crippen molar-refractivity contribution in [2.75, 3.05) is 0 Å². The highest BCUT2D eigenvalue weighted by Crippen LogP contribution is 2.32. The fourth-order valence-electron chi connectivity index (χ4n) is 5.26. The minimum atomic E-state index is -0.719. The highest BCUT2D eigenvalue weighted by atomic mass is 35.5. The number of rotatable bonds is 6. The van der Waals surface area contributed by atoms with Crippen molar-refractivity contribution in [2.24, 2.45) is 11.8 Å². The summed E-state index contributed by atoms with van der Waals surface area (Å²) in [6.45, 7) is 2.54. The fourth-order valence-corrected chi connectivity index (χ4v) is 5.48. The average molecular weight is 490 g/mol. The van der Waals surface area contributed by atoms with E-state index in [1.807, 2.05) is 60.2 Å². The molecular weight excluding hydrogens is 462 g/mol. The minimum Gasteiger partial charge on any atom is -0.481 e. The summed E-state index contributed by atoms with van der Waals surface area (Å²) in [4.78, 5) is 29.5. The molecule has 1 unspecified atom stereocenters. The second-order valence-electron chi connectivity index (χ2n) is 9.54. The lowest BCUT2D eigenvalue weighted by molar-refractivity contribution is -0.143. The predicted molar refractivity (Wildman–Crippen MR) is 138 cm³/mol. The highest BCUT2D eigenvalue weighted by Gasteiger charge is 2.30. The van der Waals surface area contributed by atoms with Crippen molar-refractivity contribution in [3.8, 4) is 0 Å². The van der Waals surface area contributed by atoms with Gasteiger partial charge in [-0.05, 0) is 68.9 Å². The van der Waals surface area contributed by atoms with Crippen LogP contribution in [0.3, 0.4) is 0 Å². The zero-order valence-corrected chi connectivity index (χ0v) is 20.3. The molecule has 35 heavy (non-hydrogen) atoms. The van der Waals surface area contributed by atoms with Crippen LogP contribution in [0.25, 0.3) is 21.8 Å². The lowest BCUT2D eigenvalue weighted by Gasteiger charge is -2.31. The van der Waals surface area contributed by atoms with Gasteiger partial charge in [0.2, 0.25) is 0 Å². The monoisotopic (exact) mass is 489 g/mol. The summed E-state index contributed by atoms with van der Waals surface area (Å²) >= 11 is 6.38. The Hall–Kier alpha value is -3.38. The summed E-state index contributed by atoms with van der Waals surface area (Å²) in [5.41, 5.74) is 3.20. The third-order valence-electron chi connectivity index (χ3n) is 7.25. The number of hydrogen-bond donors (Lipinski definition) is 2. The molecule has 1 fully saturated rings. The highest BCUT2D eigenvalue weighted by molar-refractivity contribution is 6.32. The Bertz CT molecular complexity index is 1410. The number of carboxylic acid groups (broad SMARTS) is 1. The lowest BCUT2D eigenvalue weighted by atomic mass is 9.79. The molecule has 2 N–H and O–H groups in total. The average Bonchev–Trinajstić information content (AvgIpc) is 3.25. The molecule has 2 aromatic heterocycles. The van der Waals surface area contributed by atoms with E-state index in [0.717, 1.165) is 40.3 Å². The molecule has 2 heterocycles. The molecule has 2 aromatic carbocycles. The van der Waals surface area contributed by atoms with Gasteiger partial charge in [-0.3, -0.25) is 14.6 Å². The van der Waals surface area contributed by atoms with E-state index in [2.05, 4.69) is 11.4 Å². The molecular formula is C28H28ClN3O3. The molecule has 1 aliphatic carbocycles. The zero-order chi connectivity index (χ0) is 24.5. The quantitative estimate of drug-likeness (QED) is 0.353. The van der Waals surface area contributed by atoms with E-state index in [1.54, 1.807) is 6.07 Å². The van der Waals surface area contributed by atoms with E-state index in [-0.39, 0.29) is 23.8 Å². The molecule has 1 amide bonds. The molecule has 4 aromatic rings. The molecule has 180 valence electrons. The third kappa shape index (κ3) is 4.89. The first-order valence-corrected chi connectivity index (χ1v) is 12.4. The number of hydrogen-bond acceptors (Lipinski definition) is 3. The van der Waals surface area contributed by atoms with Gasteiger partial charge >= 0.3 is 5.97 Å². The van der Waals surface area contributed by atoms with Crippen LogP contribution in [0.1, 0.15) is 48.7 Å². The molecule has 0 radical (unpaired) electrons. The Morgan fingerprint density at radius 3 is 2.63 bits per heavy atom. The Morgan fingerprint density at radius 1 is 1.09 bits per heavy atom. The van der Waals surface area contributed by atoms with Crippen molar-refractivity contribution in [1.82, 2.24) is 14.9 Å². The van der Waals surface area contributed by atoms with E-state index in [9.17, 15) is 14.7 Å². The number of para-hydroxylation sites is 1. The number of aromatic nitrogens is 2. The van der Waals surface area contributed by atoms with Gasteiger partial charge in [-0.2, -0.15) is 0 Å². The summed E-state index contributed by atoms with van der Waals surface area (Å²) in [6.07, 6.45) is 4.87. The normalized spacial score (nSPS) is 19.0. The van der Waals surface area contributed by atoms with E-state index >= 15 is 0 Å².